The number of aryl methyl sites for hydroxylation is 1. The zero-order valence-corrected chi connectivity index (χ0v) is 16.6. The molecule has 0 unspecified atom stereocenters. The van der Waals surface area contributed by atoms with Crippen LogP contribution in [-0.4, -0.2) is 27.6 Å². The van der Waals surface area contributed by atoms with E-state index in [1.807, 2.05) is 105 Å². The Morgan fingerprint density at radius 1 is 0.897 bits per heavy atom. The summed E-state index contributed by atoms with van der Waals surface area (Å²) >= 11 is 0. The van der Waals surface area contributed by atoms with Gasteiger partial charge in [0.1, 0.15) is 5.69 Å². The molecule has 4 nitrogen and oxygen atoms in total. The fourth-order valence-electron chi connectivity index (χ4n) is 3.30. The van der Waals surface area contributed by atoms with Gasteiger partial charge in [-0.3, -0.25) is 4.79 Å². The normalized spacial score (nSPS) is 10.7. The van der Waals surface area contributed by atoms with Crippen LogP contribution in [0, 0.1) is 6.92 Å². The Kier molecular flexibility index (Phi) is 5.25. The molecule has 0 aliphatic heterocycles. The van der Waals surface area contributed by atoms with Gasteiger partial charge in [-0.15, -0.1) is 0 Å². The number of rotatable bonds is 5. The van der Waals surface area contributed by atoms with Crippen molar-refractivity contribution < 1.29 is 4.79 Å². The summed E-state index contributed by atoms with van der Waals surface area (Å²) in [6.45, 7) is 2.59. The second kappa shape index (κ2) is 8.15. The highest BCUT2D eigenvalue weighted by molar-refractivity contribution is 5.99. The first-order valence-corrected chi connectivity index (χ1v) is 9.63. The van der Waals surface area contributed by atoms with Crippen LogP contribution in [0.1, 0.15) is 21.5 Å². The first-order chi connectivity index (χ1) is 14.1. The van der Waals surface area contributed by atoms with Crippen molar-refractivity contribution in [2.45, 2.75) is 13.5 Å². The first kappa shape index (κ1) is 18.7. The van der Waals surface area contributed by atoms with Crippen LogP contribution in [0.3, 0.4) is 0 Å². The van der Waals surface area contributed by atoms with Crippen LogP contribution < -0.4 is 0 Å². The van der Waals surface area contributed by atoms with Gasteiger partial charge >= 0.3 is 0 Å². The standard InChI is InChI=1S/C25H23N3O/c1-19-13-15-21(16-14-19)24-23(18-28(26-24)22-11-7-4-8-12-22)25(29)27(2)17-20-9-5-3-6-10-20/h3-16,18H,17H2,1-2H3. The maximum absolute atomic E-state index is 13.3. The molecule has 3 aromatic carbocycles. The van der Waals surface area contributed by atoms with Gasteiger partial charge in [0.15, 0.2) is 0 Å². The summed E-state index contributed by atoms with van der Waals surface area (Å²) in [7, 11) is 1.83. The zero-order chi connectivity index (χ0) is 20.2. The lowest BCUT2D eigenvalue weighted by Crippen LogP contribution is -2.26. The van der Waals surface area contributed by atoms with E-state index in [-0.39, 0.29) is 5.91 Å². The molecule has 0 saturated carbocycles. The molecule has 0 fully saturated rings. The van der Waals surface area contributed by atoms with Crippen LogP contribution in [0.5, 0.6) is 0 Å². The Morgan fingerprint density at radius 3 is 2.17 bits per heavy atom. The van der Waals surface area contributed by atoms with Crippen molar-refractivity contribution in [3.8, 4) is 16.9 Å². The van der Waals surface area contributed by atoms with Crippen molar-refractivity contribution in [3.63, 3.8) is 0 Å². The molecule has 0 N–H and O–H groups in total. The SMILES string of the molecule is Cc1ccc(-c2nn(-c3ccccc3)cc2C(=O)N(C)Cc2ccccc2)cc1. The fraction of sp³-hybridized carbons (Fsp3) is 0.120. The van der Waals surface area contributed by atoms with Gasteiger partial charge in [0.2, 0.25) is 0 Å². The monoisotopic (exact) mass is 381 g/mol. The lowest BCUT2D eigenvalue weighted by atomic mass is 10.1. The molecule has 29 heavy (non-hydrogen) atoms. The maximum Gasteiger partial charge on any atom is 0.257 e. The molecule has 1 aromatic heterocycles. The molecule has 1 heterocycles. The number of hydrogen-bond donors (Lipinski definition) is 0. The van der Waals surface area contributed by atoms with Gasteiger partial charge in [-0.25, -0.2) is 4.68 Å². The summed E-state index contributed by atoms with van der Waals surface area (Å²) in [6, 6.07) is 28.0. The minimum atomic E-state index is -0.0494. The molecule has 4 aromatic rings. The number of aromatic nitrogens is 2. The Hall–Kier alpha value is -3.66. The van der Waals surface area contributed by atoms with Crippen LogP contribution in [0.15, 0.2) is 91.1 Å². The van der Waals surface area contributed by atoms with E-state index in [0.717, 1.165) is 16.8 Å². The third-order valence-electron chi connectivity index (χ3n) is 4.90. The summed E-state index contributed by atoms with van der Waals surface area (Å²) in [5.41, 5.74) is 5.41. The summed E-state index contributed by atoms with van der Waals surface area (Å²) < 4.78 is 1.78. The maximum atomic E-state index is 13.3. The van der Waals surface area contributed by atoms with Crippen LogP contribution in [0.4, 0.5) is 0 Å². The average molecular weight is 381 g/mol. The molecule has 0 spiro atoms. The van der Waals surface area contributed by atoms with Gasteiger partial charge in [-0.1, -0.05) is 78.4 Å². The Morgan fingerprint density at radius 2 is 1.52 bits per heavy atom. The van der Waals surface area contributed by atoms with Gasteiger partial charge < -0.3 is 4.90 Å². The number of nitrogens with zero attached hydrogens (tertiary/aromatic N) is 3. The molecule has 0 aliphatic carbocycles. The van der Waals surface area contributed by atoms with Crippen LogP contribution in [-0.2, 0) is 6.54 Å². The van der Waals surface area contributed by atoms with Gasteiger partial charge in [0.05, 0.1) is 11.3 Å². The average Bonchev–Trinajstić information content (AvgIpc) is 3.20. The number of para-hydroxylation sites is 1. The van der Waals surface area contributed by atoms with Gasteiger partial charge in [0.25, 0.3) is 5.91 Å². The molecule has 144 valence electrons. The zero-order valence-electron chi connectivity index (χ0n) is 16.6. The number of carbonyl (C=O) groups excluding carboxylic acids is 1. The van der Waals surface area contributed by atoms with E-state index in [1.165, 1.54) is 5.56 Å². The van der Waals surface area contributed by atoms with E-state index in [9.17, 15) is 4.79 Å². The Labute approximate surface area is 171 Å². The quantitative estimate of drug-likeness (QED) is 0.481. The van der Waals surface area contributed by atoms with Crippen LogP contribution >= 0.6 is 0 Å². The van der Waals surface area contributed by atoms with Gasteiger partial charge in [-0.05, 0) is 24.6 Å². The van der Waals surface area contributed by atoms with Crippen molar-refractivity contribution in [3.05, 3.63) is 108 Å². The fourth-order valence-corrected chi connectivity index (χ4v) is 3.30. The number of amides is 1. The molecule has 0 bridgehead atoms. The van der Waals surface area contributed by atoms with Gasteiger partial charge in [-0.2, -0.15) is 5.10 Å². The number of benzene rings is 3. The largest absolute Gasteiger partial charge is 0.337 e. The predicted octanol–water partition coefficient (Wildman–Crippen LogP) is 5.12. The molecular weight excluding hydrogens is 358 g/mol. The molecule has 0 saturated heterocycles. The third kappa shape index (κ3) is 4.11. The Bertz CT molecular complexity index is 1100. The van der Waals surface area contributed by atoms with Crippen molar-refractivity contribution in [2.75, 3.05) is 7.05 Å². The summed E-state index contributed by atoms with van der Waals surface area (Å²) in [5.74, 6) is -0.0494. The van der Waals surface area contributed by atoms with Crippen LogP contribution in [0.2, 0.25) is 0 Å². The lowest BCUT2D eigenvalue weighted by molar-refractivity contribution is 0.0786. The summed E-state index contributed by atoms with van der Waals surface area (Å²) in [5, 5.41) is 4.76. The number of hydrogen-bond acceptors (Lipinski definition) is 2. The second-order valence-corrected chi connectivity index (χ2v) is 7.18. The summed E-state index contributed by atoms with van der Waals surface area (Å²) in [6.07, 6.45) is 1.83. The highest BCUT2D eigenvalue weighted by atomic mass is 16.2. The van der Waals surface area contributed by atoms with E-state index in [2.05, 4.69) is 0 Å². The minimum Gasteiger partial charge on any atom is -0.337 e. The first-order valence-electron chi connectivity index (χ1n) is 9.63. The van der Waals surface area contributed by atoms with Crippen molar-refractivity contribution in [1.29, 1.82) is 0 Å². The molecule has 4 rings (SSSR count). The third-order valence-corrected chi connectivity index (χ3v) is 4.90. The van der Waals surface area contributed by atoms with Crippen LogP contribution in [0.25, 0.3) is 16.9 Å². The van der Waals surface area contributed by atoms with Crippen molar-refractivity contribution in [2.24, 2.45) is 0 Å². The summed E-state index contributed by atoms with van der Waals surface area (Å²) in [4.78, 5) is 15.1. The molecular formula is C25H23N3O. The van der Waals surface area contributed by atoms with Gasteiger partial charge in [0, 0.05) is 25.4 Å². The van der Waals surface area contributed by atoms with E-state index >= 15 is 0 Å². The van der Waals surface area contributed by atoms with Crippen molar-refractivity contribution >= 4 is 5.91 Å². The molecule has 4 heteroatoms. The van der Waals surface area contributed by atoms with E-state index in [4.69, 9.17) is 5.10 Å². The smallest absolute Gasteiger partial charge is 0.257 e. The van der Waals surface area contributed by atoms with Crippen molar-refractivity contribution in [1.82, 2.24) is 14.7 Å². The topological polar surface area (TPSA) is 38.1 Å². The lowest BCUT2D eigenvalue weighted by Gasteiger charge is -2.17. The second-order valence-electron chi connectivity index (χ2n) is 7.18. The van der Waals surface area contributed by atoms with E-state index in [1.54, 1.807) is 9.58 Å². The highest BCUT2D eigenvalue weighted by Crippen LogP contribution is 2.25. The minimum absolute atomic E-state index is 0.0494. The van der Waals surface area contributed by atoms with E-state index in [0.29, 0.717) is 17.8 Å². The Balaban J connectivity index is 1.73. The molecule has 0 radical (unpaired) electrons. The number of carbonyl (C=O) groups is 1. The highest BCUT2D eigenvalue weighted by Gasteiger charge is 2.21. The van der Waals surface area contributed by atoms with E-state index < -0.39 is 0 Å². The predicted molar refractivity (Wildman–Crippen MR) is 116 cm³/mol. The molecule has 1 amide bonds. The molecule has 0 aliphatic rings. The molecule has 0 atom stereocenters.